The molecule has 1 saturated heterocycles. The Morgan fingerprint density at radius 3 is 2.45 bits per heavy atom. The first kappa shape index (κ1) is 16.3. The number of pyridine rings is 1. The highest BCUT2D eigenvalue weighted by Crippen LogP contribution is 2.13. The Kier molecular flexibility index (Phi) is 5.00. The molecule has 2 amide bonds. The zero-order valence-corrected chi connectivity index (χ0v) is 13.4. The molecular weight excluding hydrogens is 282 g/mol. The lowest BCUT2D eigenvalue weighted by Crippen LogP contribution is -2.40. The standard InChI is InChI=1S/C16H23N3O3/c1-16(2,3)22-15(21)19-9-5-8-18(10-11-19)14(20)13-6-4-7-17-12-13/h4,6-7,12H,5,8-11H2,1-3H3. The minimum absolute atomic E-state index is 0.0425. The molecule has 0 saturated carbocycles. The van der Waals surface area contributed by atoms with Crippen LogP contribution in [0.1, 0.15) is 37.6 Å². The summed E-state index contributed by atoms with van der Waals surface area (Å²) in [5.41, 5.74) is 0.0717. The predicted molar refractivity (Wildman–Crippen MR) is 82.6 cm³/mol. The van der Waals surface area contributed by atoms with Crippen molar-refractivity contribution in [1.29, 1.82) is 0 Å². The van der Waals surface area contributed by atoms with Crippen LogP contribution in [0.5, 0.6) is 0 Å². The van der Waals surface area contributed by atoms with Crippen LogP contribution in [0.3, 0.4) is 0 Å². The summed E-state index contributed by atoms with van der Waals surface area (Å²) in [6, 6.07) is 3.50. The van der Waals surface area contributed by atoms with Gasteiger partial charge in [0.15, 0.2) is 0 Å². The SMILES string of the molecule is CC(C)(C)OC(=O)N1CCCN(C(=O)c2cccnc2)CC1. The third kappa shape index (κ3) is 4.44. The van der Waals surface area contributed by atoms with Crippen LogP contribution in [-0.4, -0.2) is 58.6 Å². The lowest BCUT2D eigenvalue weighted by Gasteiger charge is -2.26. The van der Waals surface area contributed by atoms with Crippen molar-refractivity contribution in [3.63, 3.8) is 0 Å². The third-order valence-electron chi connectivity index (χ3n) is 3.34. The fourth-order valence-electron chi connectivity index (χ4n) is 2.30. The van der Waals surface area contributed by atoms with E-state index in [1.807, 2.05) is 20.8 Å². The molecule has 0 bridgehead atoms. The molecule has 120 valence electrons. The van der Waals surface area contributed by atoms with Gasteiger partial charge in [-0.2, -0.15) is 0 Å². The number of carbonyl (C=O) groups excluding carboxylic acids is 2. The van der Waals surface area contributed by atoms with E-state index < -0.39 is 5.60 Å². The van der Waals surface area contributed by atoms with Crippen LogP contribution in [0.2, 0.25) is 0 Å². The molecule has 0 radical (unpaired) electrons. The van der Waals surface area contributed by atoms with Gasteiger partial charge in [0.1, 0.15) is 5.60 Å². The molecule has 0 aromatic carbocycles. The molecule has 0 unspecified atom stereocenters. The average Bonchev–Trinajstić information content (AvgIpc) is 2.71. The highest BCUT2D eigenvalue weighted by molar-refractivity contribution is 5.93. The van der Waals surface area contributed by atoms with E-state index in [2.05, 4.69) is 4.98 Å². The molecule has 0 atom stereocenters. The monoisotopic (exact) mass is 305 g/mol. The first-order valence-corrected chi connectivity index (χ1v) is 7.54. The van der Waals surface area contributed by atoms with Gasteiger partial charge in [-0.05, 0) is 39.3 Å². The van der Waals surface area contributed by atoms with E-state index in [1.165, 1.54) is 0 Å². The second-order valence-electron chi connectivity index (χ2n) is 6.35. The van der Waals surface area contributed by atoms with E-state index in [-0.39, 0.29) is 12.0 Å². The maximum atomic E-state index is 12.4. The number of hydrogen-bond acceptors (Lipinski definition) is 4. The summed E-state index contributed by atoms with van der Waals surface area (Å²) in [5, 5.41) is 0. The van der Waals surface area contributed by atoms with Crippen molar-refractivity contribution >= 4 is 12.0 Å². The van der Waals surface area contributed by atoms with Crippen molar-refractivity contribution < 1.29 is 14.3 Å². The second kappa shape index (κ2) is 6.77. The van der Waals surface area contributed by atoms with Gasteiger partial charge < -0.3 is 14.5 Å². The van der Waals surface area contributed by atoms with Crippen LogP contribution < -0.4 is 0 Å². The number of rotatable bonds is 1. The van der Waals surface area contributed by atoms with Gasteiger partial charge in [0.25, 0.3) is 5.91 Å². The summed E-state index contributed by atoms with van der Waals surface area (Å²) < 4.78 is 5.39. The highest BCUT2D eigenvalue weighted by Gasteiger charge is 2.26. The van der Waals surface area contributed by atoms with E-state index in [1.54, 1.807) is 34.3 Å². The minimum Gasteiger partial charge on any atom is -0.444 e. The Morgan fingerprint density at radius 2 is 1.82 bits per heavy atom. The summed E-state index contributed by atoms with van der Waals surface area (Å²) in [4.78, 5) is 31.9. The van der Waals surface area contributed by atoms with Crippen LogP contribution in [0, 0.1) is 0 Å². The molecule has 0 spiro atoms. The van der Waals surface area contributed by atoms with Gasteiger partial charge in [0.2, 0.25) is 0 Å². The van der Waals surface area contributed by atoms with Gasteiger partial charge in [-0.1, -0.05) is 0 Å². The molecule has 1 aromatic rings. The lowest BCUT2D eigenvalue weighted by atomic mass is 10.2. The van der Waals surface area contributed by atoms with Crippen molar-refractivity contribution in [3.05, 3.63) is 30.1 Å². The number of ether oxygens (including phenoxy) is 1. The lowest BCUT2D eigenvalue weighted by molar-refractivity contribution is 0.0255. The largest absolute Gasteiger partial charge is 0.444 e. The zero-order chi connectivity index (χ0) is 16.2. The van der Waals surface area contributed by atoms with E-state index in [4.69, 9.17) is 4.74 Å². The summed E-state index contributed by atoms with van der Waals surface area (Å²) in [6.45, 7) is 7.77. The van der Waals surface area contributed by atoms with Gasteiger partial charge in [-0.3, -0.25) is 9.78 Å². The van der Waals surface area contributed by atoms with Crippen LogP contribution >= 0.6 is 0 Å². The molecule has 6 nitrogen and oxygen atoms in total. The second-order valence-corrected chi connectivity index (χ2v) is 6.35. The normalized spacial score (nSPS) is 16.1. The topological polar surface area (TPSA) is 62.7 Å². The molecule has 2 rings (SSSR count). The number of hydrogen-bond donors (Lipinski definition) is 0. The number of amides is 2. The summed E-state index contributed by atoms with van der Waals surface area (Å²) in [6.07, 6.45) is 3.64. The first-order chi connectivity index (χ1) is 10.4. The Labute approximate surface area is 131 Å². The average molecular weight is 305 g/mol. The third-order valence-corrected chi connectivity index (χ3v) is 3.34. The van der Waals surface area contributed by atoms with Crippen molar-refractivity contribution in [2.24, 2.45) is 0 Å². The Morgan fingerprint density at radius 1 is 1.14 bits per heavy atom. The molecule has 1 fully saturated rings. The zero-order valence-electron chi connectivity index (χ0n) is 13.4. The Bertz CT molecular complexity index is 525. The van der Waals surface area contributed by atoms with Crippen LogP contribution in [-0.2, 0) is 4.74 Å². The van der Waals surface area contributed by atoms with E-state index >= 15 is 0 Å². The summed E-state index contributed by atoms with van der Waals surface area (Å²) in [7, 11) is 0. The quantitative estimate of drug-likeness (QED) is 0.797. The molecule has 2 heterocycles. The maximum absolute atomic E-state index is 12.4. The first-order valence-electron chi connectivity index (χ1n) is 7.54. The fraction of sp³-hybridized carbons (Fsp3) is 0.562. The molecular formula is C16H23N3O3. The molecule has 22 heavy (non-hydrogen) atoms. The van der Waals surface area contributed by atoms with Crippen molar-refractivity contribution in [2.75, 3.05) is 26.2 Å². The number of aromatic nitrogens is 1. The number of carbonyl (C=O) groups is 2. The van der Waals surface area contributed by atoms with E-state index in [0.717, 1.165) is 6.42 Å². The molecule has 1 aliphatic rings. The van der Waals surface area contributed by atoms with Crippen molar-refractivity contribution in [3.8, 4) is 0 Å². The molecule has 1 aromatic heterocycles. The fourth-order valence-corrected chi connectivity index (χ4v) is 2.30. The smallest absolute Gasteiger partial charge is 0.410 e. The predicted octanol–water partition coefficient (Wildman–Crippen LogP) is 2.16. The molecule has 0 N–H and O–H groups in total. The number of nitrogens with zero attached hydrogens (tertiary/aromatic N) is 3. The van der Waals surface area contributed by atoms with Crippen LogP contribution in [0.15, 0.2) is 24.5 Å². The Balaban J connectivity index is 1.95. The van der Waals surface area contributed by atoms with Crippen LogP contribution in [0.25, 0.3) is 0 Å². The van der Waals surface area contributed by atoms with Gasteiger partial charge in [0, 0.05) is 38.6 Å². The van der Waals surface area contributed by atoms with Gasteiger partial charge in [-0.25, -0.2) is 4.79 Å². The van der Waals surface area contributed by atoms with E-state index in [0.29, 0.717) is 31.7 Å². The van der Waals surface area contributed by atoms with Gasteiger partial charge in [0.05, 0.1) is 5.56 Å². The maximum Gasteiger partial charge on any atom is 0.410 e. The molecule has 1 aliphatic heterocycles. The molecule has 0 aliphatic carbocycles. The van der Waals surface area contributed by atoms with Gasteiger partial charge >= 0.3 is 6.09 Å². The molecule has 6 heteroatoms. The van der Waals surface area contributed by atoms with Crippen LogP contribution in [0.4, 0.5) is 4.79 Å². The summed E-state index contributed by atoms with van der Waals surface area (Å²) >= 11 is 0. The summed E-state index contributed by atoms with van der Waals surface area (Å²) in [5.74, 6) is -0.0425. The van der Waals surface area contributed by atoms with Crippen molar-refractivity contribution in [2.45, 2.75) is 32.8 Å². The Hall–Kier alpha value is -2.11. The minimum atomic E-state index is -0.505. The van der Waals surface area contributed by atoms with Crippen molar-refractivity contribution in [1.82, 2.24) is 14.8 Å². The van der Waals surface area contributed by atoms with Gasteiger partial charge in [-0.15, -0.1) is 0 Å². The highest BCUT2D eigenvalue weighted by atomic mass is 16.6. The van der Waals surface area contributed by atoms with E-state index in [9.17, 15) is 9.59 Å².